The first-order valence-electron chi connectivity index (χ1n) is 11.0. The number of carbonyl (C=O) groups is 1. The van der Waals surface area contributed by atoms with Crippen LogP contribution in [-0.4, -0.2) is 45.2 Å². The van der Waals surface area contributed by atoms with E-state index in [1.165, 1.54) is 6.20 Å². The first-order chi connectivity index (χ1) is 17.1. The highest BCUT2D eigenvalue weighted by molar-refractivity contribution is 5.71. The molecule has 1 N–H and O–H groups in total. The Morgan fingerprint density at radius 2 is 1.69 bits per heavy atom. The lowest BCUT2D eigenvalue weighted by atomic mass is 10.1. The average molecular weight is 498 g/mol. The number of aromatic nitrogens is 5. The van der Waals surface area contributed by atoms with Crippen LogP contribution in [0.25, 0.3) is 22.3 Å². The Kier molecular flexibility index (Phi) is 8.36. The number of carbonyl (C=O) groups excluding carboxylic acids is 1. The molecule has 0 aromatic carbocycles. The van der Waals surface area contributed by atoms with Gasteiger partial charge in [0.25, 0.3) is 0 Å². The summed E-state index contributed by atoms with van der Waals surface area (Å²) in [4.78, 5) is 24.0. The van der Waals surface area contributed by atoms with Gasteiger partial charge in [-0.05, 0) is 55.8 Å². The van der Waals surface area contributed by atoms with E-state index in [4.69, 9.17) is 0 Å². The fourth-order valence-electron chi connectivity index (χ4n) is 3.25. The molecule has 0 atom stereocenters. The van der Waals surface area contributed by atoms with E-state index in [2.05, 4.69) is 25.4 Å². The van der Waals surface area contributed by atoms with Gasteiger partial charge < -0.3 is 10.2 Å². The Morgan fingerprint density at radius 3 is 2.19 bits per heavy atom. The molecule has 4 aromatic rings. The topological polar surface area (TPSA) is 88.8 Å². The van der Waals surface area contributed by atoms with Crippen LogP contribution < -0.4 is 10.2 Å². The van der Waals surface area contributed by atoms with E-state index < -0.39 is 11.9 Å². The Balaban J connectivity index is 0.000000201. The highest BCUT2D eigenvalue weighted by atomic mass is 19.4. The number of alkyl halides is 3. The average Bonchev–Trinajstić information content (AvgIpc) is 3.25. The second-order valence-electron chi connectivity index (χ2n) is 7.91. The summed E-state index contributed by atoms with van der Waals surface area (Å²) in [6.07, 6.45) is 2.60. The van der Waals surface area contributed by atoms with Gasteiger partial charge in [-0.1, -0.05) is 0 Å². The number of halogens is 3. The Hall–Kier alpha value is -4.28. The van der Waals surface area contributed by atoms with Gasteiger partial charge >= 0.3 is 6.18 Å². The van der Waals surface area contributed by atoms with Gasteiger partial charge in [0, 0.05) is 62.1 Å². The van der Waals surface area contributed by atoms with Gasteiger partial charge in [-0.15, -0.1) is 0 Å². The lowest BCUT2D eigenvalue weighted by Gasteiger charge is -2.11. The molecule has 188 valence electrons. The van der Waals surface area contributed by atoms with Crippen LogP contribution in [-0.2, 0) is 17.5 Å². The van der Waals surface area contributed by atoms with Gasteiger partial charge in [0.1, 0.15) is 17.3 Å². The molecular weight excluding hydrogens is 471 g/mol. The van der Waals surface area contributed by atoms with Gasteiger partial charge in [0.2, 0.25) is 6.41 Å². The molecule has 0 fully saturated rings. The van der Waals surface area contributed by atoms with E-state index in [-0.39, 0.29) is 0 Å². The Labute approximate surface area is 206 Å². The molecule has 0 saturated heterocycles. The largest absolute Gasteiger partial charge is 0.433 e. The molecule has 0 aliphatic rings. The van der Waals surface area contributed by atoms with Crippen LogP contribution >= 0.6 is 0 Å². The molecule has 8 nitrogen and oxygen atoms in total. The van der Waals surface area contributed by atoms with Crippen molar-refractivity contribution in [1.29, 1.82) is 0 Å². The zero-order chi connectivity index (χ0) is 26.3. The van der Waals surface area contributed by atoms with Gasteiger partial charge in [-0.3, -0.25) is 14.5 Å². The van der Waals surface area contributed by atoms with E-state index >= 15 is 0 Å². The number of pyridine rings is 3. The minimum absolute atomic E-state index is 0.481. The van der Waals surface area contributed by atoms with Crippen LogP contribution in [0.4, 0.5) is 24.8 Å². The SMILES string of the molecule is CCn1cc(-c2ccnc(C(F)(F)F)c2)c(C)n1.CN(C)c1ccc(-c2ccc(NC=O)nc2)cn1. The summed E-state index contributed by atoms with van der Waals surface area (Å²) in [5, 5.41) is 6.71. The quantitative estimate of drug-likeness (QED) is 0.374. The normalized spacial score (nSPS) is 10.9. The van der Waals surface area contributed by atoms with Crippen LogP contribution in [0.15, 0.2) is 61.2 Å². The lowest BCUT2D eigenvalue weighted by molar-refractivity contribution is -0.141. The minimum atomic E-state index is -4.43. The fraction of sp³-hybridized carbons (Fsp3) is 0.240. The molecule has 0 saturated carbocycles. The standard InChI is InChI=1S/C13H14N4O.C12H12F3N3/c1-17(2)13-6-4-11(8-15-13)10-3-5-12(14-7-10)16-9-18;1-3-18-7-10(8(2)17-18)9-4-5-16-11(6-9)12(13,14)15/h3-9H,1-2H3,(H,14,16,18);4-7H,3H2,1-2H3. The maximum absolute atomic E-state index is 12.6. The molecule has 11 heteroatoms. The molecule has 0 aliphatic heterocycles. The Bertz CT molecular complexity index is 1280. The van der Waals surface area contributed by atoms with Crippen molar-refractivity contribution in [3.8, 4) is 22.3 Å². The second-order valence-corrected chi connectivity index (χ2v) is 7.91. The van der Waals surface area contributed by atoms with E-state index in [1.54, 1.807) is 42.3 Å². The van der Waals surface area contributed by atoms with Gasteiger partial charge in [-0.2, -0.15) is 18.3 Å². The third-order valence-electron chi connectivity index (χ3n) is 5.14. The van der Waals surface area contributed by atoms with Crippen molar-refractivity contribution < 1.29 is 18.0 Å². The zero-order valence-corrected chi connectivity index (χ0v) is 20.3. The highest BCUT2D eigenvalue weighted by Crippen LogP contribution is 2.31. The van der Waals surface area contributed by atoms with Crippen molar-refractivity contribution in [1.82, 2.24) is 24.7 Å². The molecule has 4 rings (SSSR count). The molecule has 4 heterocycles. The first kappa shape index (κ1) is 26.3. The van der Waals surface area contributed by atoms with Crippen molar-refractivity contribution in [2.75, 3.05) is 24.3 Å². The predicted molar refractivity (Wildman–Crippen MR) is 132 cm³/mol. The number of hydrogen-bond donors (Lipinski definition) is 1. The summed E-state index contributed by atoms with van der Waals surface area (Å²) in [6.45, 7) is 4.37. The molecule has 0 bridgehead atoms. The van der Waals surface area contributed by atoms with Gasteiger partial charge in [0.05, 0.1) is 5.69 Å². The number of amides is 1. The summed E-state index contributed by atoms with van der Waals surface area (Å²) in [6, 6.07) is 10.2. The molecular formula is C25H26F3N7O. The van der Waals surface area contributed by atoms with Crippen LogP contribution in [0.2, 0.25) is 0 Å². The molecule has 0 spiro atoms. The van der Waals surface area contributed by atoms with E-state index in [9.17, 15) is 18.0 Å². The van der Waals surface area contributed by atoms with E-state index in [0.29, 0.717) is 35.6 Å². The van der Waals surface area contributed by atoms with E-state index in [1.807, 2.05) is 44.1 Å². The molecule has 4 aromatic heterocycles. The third-order valence-corrected chi connectivity index (χ3v) is 5.14. The van der Waals surface area contributed by atoms with Crippen LogP contribution in [0, 0.1) is 6.92 Å². The predicted octanol–water partition coefficient (Wildman–Crippen LogP) is 5.07. The summed E-state index contributed by atoms with van der Waals surface area (Å²) in [5.74, 6) is 1.44. The highest BCUT2D eigenvalue weighted by Gasteiger charge is 2.32. The smallest absolute Gasteiger partial charge is 0.363 e. The number of rotatable bonds is 6. The van der Waals surface area contributed by atoms with E-state index in [0.717, 1.165) is 23.0 Å². The maximum Gasteiger partial charge on any atom is 0.433 e. The second kappa shape index (κ2) is 11.4. The fourth-order valence-corrected chi connectivity index (χ4v) is 3.25. The number of anilines is 2. The van der Waals surface area contributed by atoms with Crippen LogP contribution in [0.5, 0.6) is 0 Å². The summed E-state index contributed by atoms with van der Waals surface area (Å²) < 4.78 is 39.4. The molecule has 0 radical (unpaired) electrons. The number of aryl methyl sites for hydroxylation is 2. The monoisotopic (exact) mass is 497 g/mol. The van der Waals surface area contributed by atoms with Crippen molar-refractivity contribution in [3.05, 3.63) is 72.6 Å². The summed E-state index contributed by atoms with van der Waals surface area (Å²) in [7, 11) is 3.90. The molecule has 0 unspecified atom stereocenters. The van der Waals surface area contributed by atoms with Crippen molar-refractivity contribution >= 4 is 18.0 Å². The van der Waals surface area contributed by atoms with Crippen LogP contribution in [0.1, 0.15) is 18.3 Å². The Morgan fingerprint density at radius 1 is 1.00 bits per heavy atom. The molecule has 36 heavy (non-hydrogen) atoms. The van der Waals surface area contributed by atoms with Crippen LogP contribution in [0.3, 0.4) is 0 Å². The summed E-state index contributed by atoms with van der Waals surface area (Å²) in [5.41, 5.74) is 2.95. The van der Waals surface area contributed by atoms with Crippen molar-refractivity contribution in [2.24, 2.45) is 0 Å². The third kappa shape index (κ3) is 6.65. The first-order valence-corrected chi connectivity index (χ1v) is 11.0. The van der Waals surface area contributed by atoms with Gasteiger partial charge in [-0.25, -0.2) is 9.97 Å². The molecule has 1 amide bonds. The zero-order valence-electron chi connectivity index (χ0n) is 20.3. The number of hydrogen-bond acceptors (Lipinski definition) is 6. The van der Waals surface area contributed by atoms with Gasteiger partial charge in [0.15, 0.2) is 0 Å². The minimum Gasteiger partial charge on any atom is -0.363 e. The molecule has 0 aliphatic carbocycles. The van der Waals surface area contributed by atoms with Crippen molar-refractivity contribution in [3.63, 3.8) is 0 Å². The summed E-state index contributed by atoms with van der Waals surface area (Å²) >= 11 is 0. The number of nitrogens with one attached hydrogen (secondary N) is 1. The maximum atomic E-state index is 12.6. The van der Waals surface area contributed by atoms with Crippen molar-refractivity contribution in [2.45, 2.75) is 26.6 Å². The lowest BCUT2D eigenvalue weighted by Crippen LogP contribution is -2.09. The number of nitrogens with zero attached hydrogens (tertiary/aromatic N) is 6.